The number of rotatable bonds is 4. The first kappa shape index (κ1) is 16.6. The summed E-state index contributed by atoms with van der Waals surface area (Å²) in [5, 5.41) is 4.07. The van der Waals surface area contributed by atoms with Crippen molar-refractivity contribution in [2.75, 3.05) is 12.3 Å². The quantitative estimate of drug-likeness (QED) is 0.607. The predicted molar refractivity (Wildman–Crippen MR) is 95.2 cm³/mol. The molecule has 124 valence electrons. The van der Waals surface area contributed by atoms with Crippen molar-refractivity contribution in [2.45, 2.75) is 6.42 Å². The summed E-state index contributed by atoms with van der Waals surface area (Å²) in [7, 11) is 0. The fraction of sp³-hybridized carbons (Fsp3) is 0.118. The summed E-state index contributed by atoms with van der Waals surface area (Å²) in [6, 6.07) is 7.50. The molecule has 0 spiro atoms. The molecule has 2 aromatic carbocycles. The molecule has 0 saturated heterocycles. The maximum Gasteiger partial charge on any atom is 0.251 e. The average Bonchev–Trinajstić information content (AvgIpc) is 2.94. The molecule has 0 radical (unpaired) electrons. The van der Waals surface area contributed by atoms with E-state index in [0.717, 1.165) is 16.5 Å². The van der Waals surface area contributed by atoms with Crippen molar-refractivity contribution in [2.24, 2.45) is 0 Å². The van der Waals surface area contributed by atoms with E-state index in [9.17, 15) is 9.18 Å². The zero-order valence-electron chi connectivity index (χ0n) is 12.5. The van der Waals surface area contributed by atoms with E-state index in [-0.39, 0.29) is 27.5 Å². The van der Waals surface area contributed by atoms with Gasteiger partial charge in [-0.25, -0.2) is 4.39 Å². The molecule has 0 bridgehead atoms. The zero-order chi connectivity index (χ0) is 17.3. The fourth-order valence-corrected chi connectivity index (χ4v) is 2.97. The van der Waals surface area contributed by atoms with Gasteiger partial charge in [0.1, 0.15) is 5.82 Å². The van der Waals surface area contributed by atoms with Gasteiger partial charge in [0, 0.05) is 29.2 Å². The van der Waals surface area contributed by atoms with Gasteiger partial charge in [-0.1, -0.05) is 23.2 Å². The van der Waals surface area contributed by atoms with Crippen molar-refractivity contribution in [3.8, 4) is 0 Å². The smallest absolute Gasteiger partial charge is 0.251 e. The molecule has 7 heteroatoms. The van der Waals surface area contributed by atoms with Crippen LogP contribution < -0.4 is 11.1 Å². The van der Waals surface area contributed by atoms with Gasteiger partial charge in [0.2, 0.25) is 0 Å². The first-order valence-corrected chi connectivity index (χ1v) is 7.99. The second-order valence-corrected chi connectivity index (χ2v) is 6.18. The summed E-state index contributed by atoms with van der Waals surface area (Å²) in [4.78, 5) is 15.2. The Morgan fingerprint density at radius 1 is 1.21 bits per heavy atom. The number of aromatic nitrogens is 1. The van der Waals surface area contributed by atoms with Crippen molar-refractivity contribution >= 4 is 45.7 Å². The van der Waals surface area contributed by atoms with Gasteiger partial charge in [-0.2, -0.15) is 0 Å². The standard InChI is InChI=1S/C17H14Cl2FN3O/c18-13-5-10(6-14(19)16(13)21)17(24)22-4-3-9-8-23-15-2-1-11(20)7-12(9)15/h1-2,5-8,23H,3-4,21H2,(H,22,24). The van der Waals surface area contributed by atoms with Crippen LogP contribution in [0.15, 0.2) is 36.5 Å². The van der Waals surface area contributed by atoms with E-state index in [1.807, 2.05) is 6.20 Å². The molecule has 0 aliphatic heterocycles. The van der Waals surface area contributed by atoms with Gasteiger partial charge in [0.15, 0.2) is 0 Å². The van der Waals surface area contributed by atoms with Crippen LogP contribution in [0.4, 0.5) is 10.1 Å². The van der Waals surface area contributed by atoms with Gasteiger partial charge >= 0.3 is 0 Å². The Balaban J connectivity index is 1.67. The number of aromatic amines is 1. The number of nitrogen functional groups attached to an aromatic ring is 1. The third-order valence-corrected chi connectivity index (χ3v) is 4.38. The molecule has 0 atom stereocenters. The SMILES string of the molecule is Nc1c(Cl)cc(C(=O)NCCc2c[nH]c3ccc(F)cc23)cc1Cl. The zero-order valence-corrected chi connectivity index (χ0v) is 14.0. The van der Waals surface area contributed by atoms with Gasteiger partial charge in [0.05, 0.1) is 15.7 Å². The van der Waals surface area contributed by atoms with E-state index in [1.54, 1.807) is 6.07 Å². The van der Waals surface area contributed by atoms with E-state index in [0.29, 0.717) is 18.5 Å². The van der Waals surface area contributed by atoms with Crippen molar-refractivity contribution < 1.29 is 9.18 Å². The van der Waals surface area contributed by atoms with E-state index < -0.39 is 0 Å². The highest BCUT2D eigenvalue weighted by Crippen LogP contribution is 2.28. The first-order chi connectivity index (χ1) is 11.5. The number of benzene rings is 2. The minimum absolute atomic E-state index is 0.236. The van der Waals surface area contributed by atoms with Crippen molar-refractivity contribution in [3.05, 3.63) is 63.5 Å². The van der Waals surface area contributed by atoms with Crippen LogP contribution in [0.1, 0.15) is 15.9 Å². The fourth-order valence-electron chi connectivity index (χ4n) is 2.49. The van der Waals surface area contributed by atoms with Crippen LogP contribution in [0.5, 0.6) is 0 Å². The van der Waals surface area contributed by atoms with Crippen LogP contribution in [-0.4, -0.2) is 17.4 Å². The lowest BCUT2D eigenvalue weighted by molar-refractivity contribution is 0.0954. The lowest BCUT2D eigenvalue weighted by Crippen LogP contribution is -2.25. The molecule has 0 aliphatic rings. The molecule has 3 aromatic rings. The summed E-state index contributed by atoms with van der Waals surface area (Å²) in [6.45, 7) is 0.391. The molecule has 4 nitrogen and oxygen atoms in total. The number of carbonyl (C=O) groups excluding carboxylic acids is 1. The Morgan fingerprint density at radius 3 is 2.62 bits per heavy atom. The third-order valence-electron chi connectivity index (χ3n) is 3.75. The molecule has 1 heterocycles. The van der Waals surface area contributed by atoms with Gasteiger partial charge in [0.25, 0.3) is 5.91 Å². The second kappa shape index (κ2) is 6.71. The molecular weight excluding hydrogens is 352 g/mol. The normalized spacial score (nSPS) is 11.0. The minimum atomic E-state index is -0.301. The summed E-state index contributed by atoms with van der Waals surface area (Å²) in [6.07, 6.45) is 2.37. The number of hydrogen-bond donors (Lipinski definition) is 3. The van der Waals surface area contributed by atoms with Crippen LogP contribution in [0.3, 0.4) is 0 Å². The lowest BCUT2D eigenvalue weighted by atomic mass is 10.1. The maximum absolute atomic E-state index is 13.4. The number of nitrogens with two attached hydrogens (primary N) is 1. The Labute approximate surface area is 147 Å². The number of nitrogens with one attached hydrogen (secondary N) is 2. The van der Waals surface area contributed by atoms with Crippen molar-refractivity contribution in [1.29, 1.82) is 0 Å². The molecule has 1 aromatic heterocycles. The summed E-state index contributed by atoms with van der Waals surface area (Å²) >= 11 is 11.9. The highest BCUT2D eigenvalue weighted by molar-refractivity contribution is 6.39. The van der Waals surface area contributed by atoms with Gasteiger partial charge in [-0.3, -0.25) is 4.79 Å². The monoisotopic (exact) mass is 365 g/mol. The molecule has 4 N–H and O–H groups in total. The largest absolute Gasteiger partial charge is 0.396 e. The molecule has 1 amide bonds. The second-order valence-electron chi connectivity index (χ2n) is 5.36. The Morgan fingerprint density at radius 2 is 1.92 bits per heavy atom. The van der Waals surface area contributed by atoms with Gasteiger partial charge < -0.3 is 16.0 Å². The maximum atomic E-state index is 13.4. The number of carbonyl (C=O) groups is 1. The van der Waals surface area contributed by atoms with Crippen molar-refractivity contribution in [3.63, 3.8) is 0 Å². The molecular formula is C17H14Cl2FN3O. The predicted octanol–water partition coefficient (Wildman–Crippen LogP) is 4.17. The van der Waals surface area contributed by atoms with E-state index in [4.69, 9.17) is 28.9 Å². The molecule has 0 aliphatic carbocycles. The van der Waals surface area contributed by atoms with Crippen LogP contribution in [0.2, 0.25) is 10.0 Å². The van der Waals surface area contributed by atoms with E-state index in [2.05, 4.69) is 10.3 Å². The third kappa shape index (κ3) is 3.32. The molecule has 24 heavy (non-hydrogen) atoms. The Hall–Kier alpha value is -2.24. The molecule has 3 rings (SSSR count). The van der Waals surface area contributed by atoms with Crippen LogP contribution in [0.25, 0.3) is 10.9 Å². The van der Waals surface area contributed by atoms with Gasteiger partial charge in [-0.05, 0) is 42.3 Å². The van der Waals surface area contributed by atoms with Gasteiger partial charge in [-0.15, -0.1) is 0 Å². The highest BCUT2D eigenvalue weighted by atomic mass is 35.5. The van der Waals surface area contributed by atoms with Crippen LogP contribution >= 0.6 is 23.2 Å². The van der Waals surface area contributed by atoms with Crippen LogP contribution in [0, 0.1) is 5.82 Å². The summed E-state index contributed by atoms with van der Waals surface area (Å²) < 4.78 is 13.4. The number of amides is 1. The topological polar surface area (TPSA) is 70.9 Å². The number of anilines is 1. The summed E-state index contributed by atoms with van der Waals surface area (Å²) in [5.41, 5.74) is 8.02. The minimum Gasteiger partial charge on any atom is -0.396 e. The summed E-state index contributed by atoms with van der Waals surface area (Å²) in [5.74, 6) is -0.594. The van der Waals surface area contributed by atoms with E-state index in [1.165, 1.54) is 24.3 Å². The number of fused-ring (bicyclic) bond motifs is 1. The number of hydrogen-bond acceptors (Lipinski definition) is 2. The van der Waals surface area contributed by atoms with Crippen molar-refractivity contribution in [1.82, 2.24) is 10.3 Å². The first-order valence-electron chi connectivity index (χ1n) is 7.24. The molecule has 0 unspecified atom stereocenters. The Bertz CT molecular complexity index is 900. The lowest BCUT2D eigenvalue weighted by Gasteiger charge is -2.08. The average molecular weight is 366 g/mol. The number of H-pyrrole nitrogens is 1. The Kier molecular flexibility index (Phi) is 4.64. The molecule has 0 saturated carbocycles. The van der Waals surface area contributed by atoms with Crippen LogP contribution in [-0.2, 0) is 6.42 Å². The molecule has 0 fully saturated rings. The number of halogens is 3. The van der Waals surface area contributed by atoms with E-state index >= 15 is 0 Å². The highest BCUT2D eigenvalue weighted by Gasteiger charge is 2.11.